The van der Waals surface area contributed by atoms with Crippen LogP contribution < -0.4 is 14.8 Å². The van der Waals surface area contributed by atoms with E-state index in [0.29, 0.717) is 0 Å². The van der Waals surface area contributed by atoms with E-state index in [0.717, 1.165) is 41.2 Å². The highest BCUT2D eigenvalue weighted by atomic mass is 16.5. The maximum Gasteiger partial charge on any atom is 0.160 e. The molecule has 0 aliphatic rings. The van der Waals surface area contributed by atoms with Crippen molar-refractivity contribution >= 4 is 16.7 Å². The first-order chi connectivity index (χ1) is 11.7. The topological polar surface area (TPSA) is 56.3 Å². The number of methoxy groups -OCH3 is 2. The molecule has 0 radical (unpaired) electrons. The van der Waals surface area contributed by atoms with E-state index in [1.54, 1.807) is 20.5 Å². The van der Waals surface area contributed by atoms with Crippen LogP contribution >= 0.6 is 0 Å². The van der Waals surface area contributed by atoms with E-state index in [9.17, 15) is 0 Å². The van der Waals surface area contributed by atoms with Crippen molar-refractivity contribution in [2.24, 2.45) is 0 Å². The number of ether oxygens (including phenoxy) is 2. The summed E-state index contributed by atoms with van der Waals surface area (Å²) in [7, 11) is 3.29. The third kappa shape index (κ3) is 3.40. The Morgan fingerprint density at radius 3 is 2.58 bits per heavy atom. The van der Waals surface area contributed by atoms with Crippen LogP contribution in [0.15, 0.2) is 42.7 Å². The Labute approximate surface area is 141 Å². The van der Waals surface area contributed by atoms with Gasteiger partial charge in [-0.1, -0.05) is 17.7 Å². The smallest absolute Gasteiger partial charge is 0.160 e. The van der Waals surface area contributed by atoms with Crippen LogP contribution in [0.2, 0.25) is 0 Å². The molecule has 3 aromatic rings. The normalized spacial score (nSPS) is 10.6. The van der Waals surface area contributed by atoms with Crippen LogP contribution in [0.1, 0.15) is 11.1 Å². The van der Waals surface area contributed by atoms with Crippen molar-refractivity contribution in [2.75, 3.05) is 26.1 Å². The van der Waals surface area contributed by atoms with Gasteiger partial charge in [-0.3, -0.25) is 0 Å². The fourth-order valence-corrected chi connectivity index (χ4v) is 2.67. The Morgan fingerprint density at radius 1 is 0.958 bits per heavy atom. The summed E-state index contributed by atoms with van der Waals surface area (Å²) in [6.45, 7) is 2.84. The zero-order valence-electron chi connectivity index (χ0n) is 14.2. The van der Waals surface area contributed by atoms with Gasteiger partial charge in [-0.2, -0.15) is 0 Å². The minimum atomic E-state index is 0.742. The highest BCUT2D eigenvalue weighted by Gasteiger charge is 2.06. The van der Waals surface area contributed by atoms with Crippen molar-refractivity contribution in [2.45, 2.75) is 13.3 Å². The monoisotopic (exact) mass is 323 g/mol. The summed E-state index contributed by atoms with van der Waals surface area (Å²) >= 11 is 0. The minimum Gasteiger partial charge on any atom is -0.493 e. The van der Waals surface area contributed by atoms with Gasteiger partial charge >= 0.3 is 0 Å². The number of rotatable bonds is 6. The van der Waals surface area contributed by atoms with Gasteiger partial charge in [0.05, 0.1) is 19.7 Å². The Kier molecular flexibility index (Phi) is 4.79. The molecule has 0 fully saturated rings. The number of anilines is 1. The van der Waals surface area contributed by atoms with Gasteiger partial charge in [-0.15, -0.1) is 0 Å². The van der Waals surface area contributed by atoms with Gasteiger partial charge in [-0.25, -0.2) is 9.97 Å². The summed E-state index contributed by atoms with van der Waals surface area (Å²) in [5.74, 6) is 2.36. The summed E-state index contributed by atoms with van der Waals surface area (Å²) < 4.78 is 10.6. The van der Waals surface area contributed by atoms with Gasteiger partial charge in [0.25, 0.3) is 0 Å². The number of nitrogens with zero attached hydrogens (tertiary/aromatic N) is 2. The van der Waals surface area contributed by atoms with Gasteiger partial charge in [0.2, 0.25) is 0 Å². The second kappa shape index (κ2) is 7.17. The van der Waals surface area contributed by atoms with Gasteiger partial charge in [0.1, 0.15) is 12.1 Å². The minimum absolute atomic E-state index is 0.742. The molecular weight excluding hydrogens is 302 g/mol. The van der Waals surface area contributed by atoms with Crippen molar-refractivity contribution in [1.29, 1.82) is 0 Å². The maximum atomic E-state index is 5.35. The van der Waals surface area contributed by atoms with Crippen molar-refractivity contribution < 1.29 is 9.47 Å². The lowest BCUT2D eigenvalue weighted by molar-refractivity contribution is 0.354. The van der Waals surface area contributed by atoms with Gasteiger partial charge in [-0.05, 0) is 43.2 Å². The van der Waals surface area contributed by atoms with Crippen LogP contribution in [0.25, 0.3) is 10.9 Å². The average molecular weight is 323 g/mol. The lowest BCUT2D eigenvalue weighted by atomic mass is 10.1. The highest BCUT2D eigenvalue weighted by molar-refractivity contribution is 5.89. The molecule has 1 N–H and O–H groups in total. The molecule has 1 aromatic heterocycles. The lowest BCUT2D eigenvalue weighted by Crippen LogP contribution is -2.07. The summed E-state index contributed by atoms with van der Waals surface area (Å²) in [6, 6.07) is 12.2. The summed E-state index contributed by atoms with van der Waals surface area (Å²) in [4.78, 5) is 8.68. The van der Waals surface area contributed by atoms with Crippen LogP contribution in [0.3, 0.4) is 0 Å². The fraction of sp³-hybridized carbons (Fsp3) is 0.263. The molecule has 2 aromatic carbocycles. The van der Waals surface area contributed by atoms with Crippen molar-refractivity contribution in [3.63, 3.8) is 0 Å². The number of benzene rings is 2. The molecule has 0 amide bonds. The largest absolute Gasteiger partial charge is 0.493 e. The van der Waals surface area contributed by atoms with Gasteiger partial charge < -0.3 is 14.8 Å². The molecule has 1 heterocycles. The third-order valence-electron chi connectivity index (χ3n) is 3.94. The Hall–Kier alpha value is -2.82. The molecule has 0 atom stereocenters. The predicted molar refractivity (Wildman–Crippen MR) is 96.0 cm³/mol. The number of aromatic nitrogens is 2. The predicted octanol–water partition coefficient (Wildman–Crippen LogP) is 3.61. The Morgan fingerprint density at radius 2 is 1.79 bits per heavy atom. The lowest BCUT2D eigenvalue weighted by Gasteiger charge is -2.11. The van der Waals surface area contributed by atoms with Gasteiger partial charge in [0, 0.05) is 11.9 Å². The van der Waals surface area contributed by atoms with Crippen LogP contribution in [-0.2, 0) is 6.42 Å². The van der Waals surface area contributed by atoms with Crippen LogP contribution in [-0.4, -0.2) is 30.7 Å². The summed E-state index contributed by atoms with van der Waals surface area (Å²) in [5.41, 5.74) is 3.32. The molecule has 5 nitrogen and oxygen atoms in total. The first-order valence-electron chi connectivity index (χ1n) is 7.87. The van der Waals surface area contributed by atoms with Gasteiger partial charge in [0.15, 0.2) is 11.5 Å². The molecule has 0 unspecified atom stereocenters. The van der Waals surface area contributed by atoms with Crippen molar-refractivity contribution in [1.82, 2.24) is 9.97 Å². The third-order valence-corrected chi connectivity index (χ3v) is 3.94. The molecule has 5 heteroatoms. The van der Waals surface area contributed by atoms with Crippen LogP contribution in [0, 0.1) is 6.92 Å². The maximum absolute atomic E-state index is 5.35. The molecular formula is C19H21N3O2. The molecule has 0 saturated heterocycles. The number of nitrogens with one attached hydrogen (secondary N) is 1. The summed E-state index contributed by atoms with van der Waals surface area (Å²) in [6.07, 6.45) is 2.45. The zero-order valence-corrected chi connectivity index (χ0v) is 14.2. The van der Waals surface area contributed by atoms with E-state index in [-0.39, 0.29) is 0 Å². The first kappa shape index (κ1) is 16.1. The van der Waals surface area contributed by atoms with E-state index in [1.807, 2.05) is 24.3 Å². The zero-order chi connectivity index (χ0) is 16.9. The van der Waals surface area contributed by atoms with Crippen LogP contribution in [0.5, 0.6) is 11.5 Å². The quantitative estimate of drug-likeness (QED) is 0.751. The molecule has 0 aliphatic heterocycles. The standard InChI is InChI=1S/C19H21N3O2/c1-13-4-6-16-15(10-13)19(22-12-21-16)20-9-8-14-5-7-17(23-2)18(11-14)24-3/h4-7,10-12H,8-9H2,1-3H3,(H,20,21,22). The van der Waals surface area contributed by atoms with E-state index in [1.165, 1.54) is 11.1 Å². The van der Waals surface area contributed by atoms with E-state index in [2.05, 4.69) is 34.3 Å². The molecule has 3 rings (SSSR count). The second-order valence-corrected chi connectivity index (χ2v) is 5.61. The Balaban J connectivity index is 1.72. The molecule has 0 saturated carbocycles. The molecule has 24 heavy (non-hydrogen) atoms. The van der Waals surface area contributed by atoms with E-state index >= 15 is 0 Å². The number of aryl methyl sites for hydroxylation is 1. The second-order valence-electron chi connectivity index (χ2n) is 5.61. The summed E-state index contributed by atoms with van der Waals surface area (Å²) in [5, 5.41) is 4.45. The van der Waals surface area contributed by atoms with Crippen molar-refractivity contribution in [3.8, 4) is 11.5 Å². The SMILES string of the molecule is COc1ccc(CCNc2ncnc3ccc(C)cc23)cc1OC. The highest BCUT2D eigenvalue weighted by Crippen LogP contribution is 2.27. The Bertz CT molecular complexity index is 849. The van der Waals surface area contributed by atoms with E-state index < -0.39 is 0 Å². The molecule has 0 spiro atoms. The van der Waals surface area contributed by atoms with Crippen LogP contribution in [0.4, 0.5) is 5.82 Å². The number of hydrogen-bond donors (Lipinski definition) is 1. The average Bonchev–Trinajstić information content (AvgIpc) is 2.62. The van der Waals surface area contributed by atoms with E-state index in [4.69, 9.17) is 9.47 Å². The fourth-order valence-electron chi connectivity index (χ4n) is 2.67. The number of hydrogen-bond acceptors (Lipinski definition) is 5. The number of fused-ring (bicyclic) bond motifs is 1. The molecule has 0 bridgehead atoms. The molecule has 124 valence electrons. The first-order valence-corrected chi connectivity index (χ1v) is 7.87. The molecule has 0 aliphatic carbocycles. The van der Waals surface area contributed by atoms with Crippen molar-refractivity contribution in [3.05, 3.63) is 53.9 Å².